The SMILES string of the molecule is [O]=[V](=[O])[O][Si](c1ccccc1)(c1ccccc1)c1ccccc1. The van der Waals surface area contributed by atoms with Crippen LogP contribution in [0.15, 0.2) is 91.0 Å². The molecule has 0 aromatic heterocycles. The van der Waals surface area contributed by atoms with E-state index < -0.39 is 23.7 Å². The standard InChI is InChI=1S/C18H15OSi.2O.V/c19-20(16-10-4-1-5-11-16,17-12-6-2-7-13-17)18-14-8-3-9-15-18;;;/h1-15H;;;/q-1;;;+1. The summed E-state index contributed by atoms with van der Waals surface area (Å²) < 4.78 is 29.1. The normalized spacial score (nSPS) is 11.1. The first-order chi connectivity index (χ1) is 11.2. The second kappa shape index (κ2) is 7.06. The van der Waals surface area contributed by atoms with E-state index in [4.69, 9.17) is 3.35 Å². The van der Waals surface area contributed by atoms with Gasteiger partial charge in [-0.05, 0) is 0 Å². The number of hydrogen-bond donors (Lipinski definition) is 0. The fraction of sp³-hybridized carbons (Fsp3) is 0. The molecular formula is C18H15O3SiV. The van der Waals surface area contributed by atoms with Crippen LogP contribution in [0.5, 0.6) is 0 Å². The molecule has 0 fully saturated rings. The molecule has 0 amide bonds. The Bertz CT molecular complexity index is 729. The van der Waals surface area contributed by atoms with Gasteiger partial charge in [0.25, 0.3) is 0 Å². The first kappa shape index (κ1) is 15.9. The van der Waals surface area contributed by atoms with Crippen LogP contribution in [0.1, 0.15) is 0 Å². The predicted octanol–water partition coefficient (Wildman–Crippen LogP) is 1.89. The molecule has 3 aromatic carbocycles. The van der Waals surface area contributed by atoms with Crippen LogP contribution in [-0.4, -0.2) is 8.32 Å². The minimum atomic E-state index is -3.81. The molecule has 0 aliphatic heterocycles. The molecule has 0 heterocycles. The average molecular weight is 358 g/mol. The maximum atomic E-state index is 11.7. The van der Waals surface area contributed by atoms with E-state index in [-0.39, 0.29) is 0 Å². The van der Waals surface area contributed by atoms with Crippen molar-refractivity contribution in [2.75, 3.05) is 0 Å². The summed E-state index contributed by atoms with van der Waals surface area (Å²) in [4.78, 5) is 0. The molecule has 0 bridgehead atoms. The first-order valence-electron chi connectivity index (χ1n) is 7.23. The summed E-state index contributed by atoms with van der Waals surface area (Å²) in [5.74, 6) is 0. The summed E-state index contributed by atoms with van der Waals surface area (Å²) in [5, 5.41) is 2.76. The van der Waals surface area contributed by atoms with Gasteiger partial charge in [-0.2, -0.15) is 0 Å². The minimum absolute atomic E-state index is 0.920. The molecule has 0 saturated heterocycles. The van der Waals surface area contributed by atoms with Crippen LogP contribution < -0.4 is 15.6 Å². The fourth-order valence-corrected chi connectivity index (χ4v) is 8.84. The van der Waals surface area contributed by atoms with Crippen LogP contribution in [-0.2, 0) is 26.1 Å². The van der Waals surface area contributed by atoms with Crippen LogP contribution in [0.25, 0.3) is 0 Å². The molecule has 3 aromatic rings. The van der Waals surface area contributed by atoms with Gasteiger partial charge in [-0.15, -0.1) is 0 Å². The predicted molar refractivity (Wildman–Crippen MR) is 86.4 cm³/mol. The molecule has 0 saturated carbocycles. The molecule has 0 radical (unpaired) electrons. The van der Waals surface area contributed by atoms with Crippen LogP contribution in [0.4, 0.5) is 0 Å². The summed E-state index contributed by atoms with van der Waals surface area (Å²) >= 11 is -3.81. The van der Waals surface area contributed by atoms with Crippen molar-refractivity contribution in [3.63, 3.8) is 0 Å². The van der Waals surface area contributed by atoms with E-state index >= 15 is 0 Å². The van der Waals surface area contributed by atoms with Gasteiger partial charge in [-0.25, -0.2) is 0 Å². The van der Waals surface area contributed by atoms with Crippen molar-refractivity contribution in [3.8, 4) is 0 Å². The Morgan fingerprint density at radius 1 is 0.565 bits per heavy atom. The Kier molecular flexibility index (Phi) is 4.88. The molecular weight excluding hydrogens is 343 g/mol. The molecule has 0 unspecified atom stereocenters. The van der Waals surface area contributed by atoms with E-state index in [1.54, 1.807) is 0 Å². The Morgan fingerprint density at radius 2 is 0.870 bits per heavy atom. The van der Waals surface area contributed by atoms with Crippen molar-refractivity contribution in [2.24, 2.45) is 0 Å². The van der Waals surface area contributed by atoms with Crippen LogP contribution in [0.2, 0.25) is 0 Å². The van der Waals surface area contributed by atoms with Gasteiger partial charge in [0.15, 0.2) is 0 Å². The van der Waals surface area contributed by atoms with Crippen molar-refractivity contribution in [1.29, 1.82) is 0 Å². The zero-order valence-electron chi connectivity index (χ0n) is 12.3. The van der Waals surface area contributed by atoms with E-state index in [1.807, 2.05) is 91.0 Å². The van der Waals surface area contributed by atoms with E-state index in [0.29, 0.717) is 0 Å². The second-order valence-corrected chi connectivity index (χ2v) is 9.92. The molecule has 0 aliphatic rings. The van der Waals surface area contributed by atoms with E-state index in [2.05, 4.69) is 0 Å². The fourth-order valence-electron chi connectivity index (χ4n) is 2.79. The zero-order chi connectivity index (χ0) is 16.1. The number of rotatable bonds is 5. The molecule has 3 nitrogen and oxygen atoms in total. The number of benzene rings is 3. The molecule has 0 N–H and O–H groups in total. The molecule has 0 spiro atoms. The van der Waals surface area contributed by atoms with E-state index in [9.17, 15) is 7.35 Å². The van der Waals surface area contributed by atoms with Crippen LogP contribution in [0, 0.1) is 0 Å². The Hall–Kier alpha value is -1.98. The zero-order valence-corrected chi connectivity index (χ0v) is 14.7. The van der Waals surface area contributed by atoms with Gasteiger partial charge in [0, 0.05) is 0 Å². The molecule has 3 rings (SSSR count). The average Bonchev–Trinajstić information content (AvgIpc) is 2.62. The van der Waals surface area contributed by atoms with Gasteiger partial charge < -0.3 is 0 Å². The van der Waals surface area contributed by atoms with Gasteiger partial charge in [0.1, 0.15) is 0 Å². The third-order valence-electron chi connectivity index (χ3n) is 3.75. The van der Waals surface area contributed by atoms with Gasteiger partial charge in [-0.1, -0.05) is 0 Å². The molecule has 0 aliphatic carbocycles. The van der Waals surface area contributed by atoms with Crippen molar-refractivity contribution >= 4 is 23.9 Å². The Balaban J connectivity index is 2.35. The molecule has 5 heteroatoms. The molecule has 0 atom stereocenters. The van der Waals surface area contributed by atoms with Crippen LogP contribution >= 0.6 is 0 Å². The molecule has 114 valence electrons. The van der Waals surface area contributed by atoms with E-state index in [0.717, 1.165) is 15.6 Å². The van der Waals surface area contributed by atoms with Gasteiger partial charge >= 0.3 is 141 Å². The first-order valence-corrected chi connectivity index (χ1v) is 10.9. The van der Waals surface area contributed by atoms with E-state index in [1.165, 1.54) is 0 Å². The Morgan fingerprint density at radius 3 is 1.13 bits per heavy atom. The van der Waals surface area contributed by atoms with Gasteiger partial charge in [0.05, 0.1) is 0 Å². The van der Waals surface area contributed by atoms with Crippen molar-refractivity contribution < 1.29 is 26.1 Å². The Labute approximate surface area is 141 Å². The quantitative estimate of drug-likeness (QED) is 0.517. The van der Waals surface area contributed by atoms with Gasteiger partial charge in [-0.3, -0.25) is 0 Å². The summed E-state index contributed by atoms with van der Waals surface area (Å²) in [6.07, 6.45) is 0. The maximum absolute atomic E-state index is 11.7. The third kappa shape index (κ3) is 3.21. The number of hydrogen-bond acceptors (Lipinski definition) is 3. The summed E-state index contributed by atoms with van der Waals surface area (Å²) in [5.41, 5.74) is 0. The van der Waals surface area contributed by atoms with Crippen molar-refractivity contribution in [1.82, 2.24) is 0 Å². The van der Waals surface area contributed by atoms with Crippen LogP contribution in [0.3, 0.4) is 0 Å². The summed E-state index contributed by atoms with van der Waals surface area (Å²) in [7, 11) is -3.05. The molecule has 23 heavy (non-hydrogen) atoms. The van der Waals surface area contributed by atoms with Crippen molar-refractivity contribution in [3.05, 3.63) is 91.0 Å². The third-order valence-corrected chi connectivity index (χ3v) is 9.60. The van der Waals surface area contributed by atoms with Gasteiger partial charge in [0.2, 0.25) is 0 Å². The summed E-state index contributed by atoms with van der Waals surface area (Å²) in [6, 6.07) is 28.9. The second-order valence-electron chi connectivity index (χ2n) is 5.09. The topological polar surface area (TPSA) is 43.4 Å². The summed E-state index contributed by atoms with van der Waals surface area (Å²) in [6.45, 7) is 0. The monoisotopic (exact) mass is 358 g/mol. The van der Waals surface area contributed by atoms with Crippen molar-refractivity contribution in [2.45, 2.75) is 0 Å².